The molecule has 6 nitrogen and oxygen atoms in total. The molecule has 0 unspecified atom stereocenters. The second-order valence-corrected chi connectivity index (χ2v) is 4.56. The SMILES string of the molecule is CCCc1cc(C(=O)Nc2cnccn2)cc(NCC)n1. The first-order valence-corrected chi connectivity index (χ1v) is 7.05. The summed E-state index contributed by atoms with van der Waals surface area (Å²) in [5.41, 5.74) is 1.47. The summed E-state index contributed by atoms with van der Waals surface area (Å²) in [6.07, 6.45) is 6.43. The average molecular weight is 285 g/mol. The Morgan fingerprint density at radius 1 is 1.19 bits per heavy atom. The third kappa shape index (κ3) is 4.24. The van der Waals surface area contributed by atoms with E-state index in [1.165, 1.54) is 12.4 Å². The van der Waals surface area contributed by atoms with E-state index in [4.69, 9.17) is 0 Å². The maximum Gasteiger partial charge on any atom is 0.257 e. The fourth-order valence-electron chi connectivity index (χ4n) is 1.93. The zero-order valence-corrected chi connectivity index (χ0v) is 12.3. The van der Waals surface area contributed by atoms with Gasteiger partial charge in [-0.3, -0.25) is 9.78 Å². The summed E-state index contributed by atoms with van der Waals surface area (Å²) < 4.78 is 0. The van der Waals surface area contributed by atoms with Gasteiger partial charge < -0.3 is 10.6 Å². The first-order chi connectivity index (χ1) is 10.2. The summed E-state index contributed by atoms with van der Waals surface area (Å²) in [7, 11) is 0. The lowest BCUT2D eigenvalue weighted by Gasteiger charge is -2.09. The normalized spacial score (nSPS) is 10.2. The molecule has 0 fully saturated rings. The quantitative estimate of drug-likeness (QED) is 0.852. The molecule has 2 aromatic heterocycles. The van der Waals surface area contributed by atoms with Gasteiger partial charge in [-0.05, 0) is 25.5 Å². The van der Waals surface area contributed by atoms with Crippen LogP contribution in [-0.2, 0) is 6.42 Å². The molecular weight excluding hydrogens is 266 g/mol. The minimum absolute atomic E-state index is 0.214. The van der Waals surface area contributed by atoms with E-state index >= 15 is 0 Å². The van der Waals surface area contributed by atoms with E-state index in [1.807, 2.05) is 13.0 Å². The minimum atomic E-state index is -0.214. The summed E-state index contributed by atoms with van der Waals surface area (Å²) in [5.74, 6) is 0.934. The average Bonchev–Trinajstić information content (AvgIpc) is 2.49. The third-order valence-electron chi connectivity index (χ3n) is 2.81. The molecule has 2 N–H and O–H groups in total. The Morgan fingerprint density at radius 3 is 2.71 bits per heavy atom. The molecule has 0 bridgehead atoms. The summed E-state index contributed by atoms with van der Waals surface area (Å²) in [6.45, 7) is 4.84. The fraction of sp³-hybridized carbons (Fsp3) is 0.333. The molecule has 1 amide bonds. The number of hydrogen-bond donors (Lipinski definition) is 2. The van der Waals surface area contributed by atoms with Gasteiger partial charge in [-0.2, -0.15) is 0 Å². The number of aromatic nitrogens is 3. The molecule has 6 heteroatoms. The summed E-state index contributed by atoms with van der Waals surface area (Å²) in [5, 5.41) is 5.88. The molecule has 0 saturated carbocycles. The Kier molecular flexibility index (Phi) is 5.20. The van der Waals surface area contributed by atoms with E-state index in [9.17, 15) is 4.79 Å². The van der Waals surface area contributed by atoms with E-state index < -0.39 is 0 Å². The molecule has 0 atom stereocenters. The second kappa shape index (κ2) is 7.33. The van der Waals surface area contributed by atoms with Crippen LogP contribution in [0.2, 0.25) is 0 Å². The van der Waals surface area contributed by atoms with Gasteiger partial charge >= 0.3 is 0 Å². The van der Waals surface area contributed by atoms with E-state index in [-0.39, 0.29) is 5.91 Å². The van der Waals surface area contributed by atoms with Crippen LogP contribution in [0.3, 0.4) is 0 Å². The van der Waals surface area contributed by atoms with Crippen molar-refractivity contribution in [2.24, 2.45) is 0 Å². The highest BCUT2D eigenvalue weighted by atomic mass is 16.1. The van der Waals surface area contributed by atoms with Crippen LogP contribution < -0.4 is 10.6 Å². The Bertz CT molecular complexity index is 576. The van der Waals surface area contributed by atoms with Gasteiger partial charge in [0.2, 0.25) is 0 Å². The number of nitrogens with zero attached hydrogens (tertiary/aromatic N) is 3. The van der Waals surface area contributed by atoms with Crippen molar-refractivity contribution in [2.75, 3.05) is 17.2 Å². The van der Waals surface area contributed by atoms with Gasteiger partial charge in [0.15, 0.2) is 5.82 Å². The highest BCUT2D eigenvalue weighted by Gasteiger charge is 2.10. The zero-order chi connectivity index (χ0) is 15.1. The van der Waals surface area contributed by atoms with Crippen LogP contribution in [0.5, 0.6) is 0 Å². The van der Waals surface area contributed by atoms with Crippen LogP contribution in [-0.4, -0.2) is 27.4 Å². The first-order valence-electron chi connectivity index (χ1n) is 7.05. The van der Waals surface area contributed by atoms with Gasteiger partial charge in [-0.15, -0.1) is 0 Å². The maximum atomic E-state index is 12.3. The van der Waals surface area contributed by atoms with E-state index in [0.29, 0.717) is 17.2 Å². The molecular formula is C15H19N5O. The number of pyridine rings is 1. The van der Waals surface area contributed by atoms with Crippen molar-refractivity contribution in [3.8, 4) is 0 Å². The summed E-state index contributed by atoms with van der Waals surface area (Å²) in [6, 6.07) is 3.56. The Morgan fingerprint density at radius 2 is 2.05 bits per heavy atom. The van der Waals surface area contributed by atoms with Crippen molar-refractivity contribution in [2.45, 2.75) is 26.7 Å². The van der Waals surface area contributed by atoms with Gasteiger partial charge in [0, 0.05) is 30.2 Å². The monoisotopic (exact) mass is 285 g/mol. The Labute approximate surface area is 124 Å². The summed E-state index contributed by atoms with van der Waals surface area (Å²) >= 11 is 0. The minimum Gasteiger partial charge on any atom is -0.370 e. The molecule has 0 radical (unpaired) electrons. The predicted molar refractivity (Wildman–Crippen MR) is 82.4 cm³/mol. The van der Waals surface area contributed by atoms with Gasteiger partial charge in [0.1, 0.15) is 5.82 Å². The number of nitrogens with one attached hydrogen (secondary N) is 2. The van der Waals surface area contributed by atoms with Gasteiger partial charge in [0.25, 0.3) is 5.91 Å². The number of anilines is 2. The van der Waals surface area contributed by atoms with Crippen molar-refractivity contribution >= 4 is 17.5 Å². The molecule has 0 spiro atoms. The zero-order valence-electron chi connectivity index (χ0n) is 12.3. The first kappa shape index (κ1) is 14.9. The number of amides is 1. The summed E-state index contributed by atoms with van der Waals surface area (Å²) in [4.78, 5) is 24.7. The highest BCUT2D eigenvalue weighted by Crippen LogP contribution is 2.13. The van der Waals surface area contributed by atoms with Crippen molar-refractivity contribution in [3.05, 3.63) is 42.0 Å². The van der Waals surface area contributed by atoms with Crippen molar-refractivity contribution in [3.63, 3.8) is 0 Å². The van der Waals surface area contributed by atoms with Crippen LogP contribution in [0.25, 0.3) is 0 Å². The van der Waals surface area contributed by atoms with Crippen LogP contribution in [0.4, 0.5) is 11.6 Å². The van der Waals surface area contributed by atoms with Crippen molar-refractivity contribution in [1.29, 1.82) is 0 Å². The van der Waals surface area contributed by atoms with E-state index in [1.54, 1.807) is 12.3 Å². The second-order valence-electron chi connectivity index (χ2n) is 4.56. The third-order valence-corrected chi connectivity index (χ3v) is 2.81. The van der Waals surface area contributed by atoms with Crippen molar-refractivity contribution < 1.29 is 4.79 Å². The molecule has 110 valence electrons. The largest absolute Gasteiger partial charge is 0.370 e. The fourth-order valence-corrected chi connectivity index (χ4v) is 1.93. The number of carbonyl (C=O) groups is 1. The lowest BCUT2D eigenvalue weighted by molar-refractivity contribution is 0.102. The molecule has 0 aliphatic heterocycles. The lowest BCUT2D eigenvalue weighted by Crippen LogP contribution is -2.15. The van der Waals surface area contributed by atoms with Crippen LogP contribution in [0.15, 0.2) is 30.7 Å². The maximum absolute atomic E-state index is 12.3. The van der Waals surface area contributed by atoms with E-state index in [0.717, 1.165) is 25.1 Å². The van der Waals surface area contributed by atoms with Gasteiger partial charge in [-0.1, -0.05) is 13.3 Å². The predicted octanol–water partition coefficient (Wildman–Crippen LogP) is 2.51. The molecule has 0 saturated heterocycles. The Hall–Kier alpha value is -2.50. The van der Waals surface area contributed by atoms with Crippen LogP contribution in [0, 0.1) is 0 Å². The van der Waals surface area contributed by atoms with Crippen LogP contribution in [0.1, 0.15) is 36.3 Å². The number of carbonyl (C=O) groups excluding carboxylic acids is 1. The Balaban J connectivity index is 2.22. The van der Waals surface area contributed by atoms with Crippen molar-refractivity contribution in [1.82, 2.24) is 15.0 Å². The van der Waals surface area contributed by atoms with Crippen LogP contribution >= 0.6 is 0 Å². The number of aryl methyl sites for hydroxylation is 1. The topological polar surface area (TPSA) is 79.8 Å². The molecule has 2 heterocycles. The van der Waals surface area contributed by atoms with Gasteiger partial charge in [-0.25, -0.2) is 9.97 Å². The van der Waals surface area contributed by atoms with E-state index in [2.05, 4.69) is 32.5 Å². The standard InChI is InChI=1S/C15H19N5O/c1-3-5-12-8-11(9-13(19-12)17-4-2)15(21)20-14-10-16-6-7-18-14/h6-10H,3-5H2,1-2H3,(H,17,19)(H,18,20,21). The number of hydrogen-bond acceptors (Lipinski definition) is 5. The smallest absolute Gasteiger partial charge is 0.257 e. The molecule has 0 aliphatic carbocycles. The number of rotatable bonds is 6. The van der Waals surface area contributed by atoms with Gasteiger partial charge in [0.05, 0.1) is 6.20 Å². The molecule has 2 aromatic rings. The molecule has 0 aliphatic rings. The molecule has 21 heavy (non-hydrogen) atoms. The highest BCUT2D eigenvalue weighted by molar-refractivity contribution is 6.04. The molecule has 0 aromatic carbocycles. The molecule has 2 rings (SSSR count). The lowest BCUT2D eigenvalue weighted by atomic mass is 10.1.